The molecule has 1 atom stereocenters. The molecule has 2 rings (SSSR count). The molecule has 2 aliphatic heterocycles. The molecule has 0 aromatic carbocycles. The van der Waals surface area contributed by atoms with Crippen molar-refractivity contribution in [1.29, 1.82) is 0 Å². The van der Waals surface area contributed by atoms with Crippen LogP contribution in [0.1, 0.15) is 32.6 Å². The van der Waals surface area contributed by atoms with Gasteiger partial charge in [0.25, 0.3) is 0 Å². The van der Waals surface area contributed by atoms with Crippen LogP contribution in [0.15, 0.2) is 0 Å². The van der Waals surface area contributed by atoms with Crippen LogP contribution >= 0.6 is 0 Å². The molecule has 0 bridgehead atoms. The van der Waals surface area contributed by atoms with E-state index in [9.17, 15) is 0 Å². The maximum atomic E-state index is 6.23. The molecular weight excluding hydrogens is 176 g/mol. The molecule has 2 fully saturated rings. The van der Waals surface area contributed by atoms with Gasteiger partial charge in [-0.25, -0.2) is 0 Å². The maximum absolute atomic E-state index is 6.23. The van der Waals surface area contributed by atoms with Crippen LogP contribution in [0.2, 0.25) is 0 Å². The molecule has 82 valence electrons. The molecule has 0 aromatic rings. The molecule has 3 heteroatoms. The summed E-state index contributed by atoms with van der Waals surface area (Å²) in [6.07, 6.45) is 4.87. The molecule has 2 heterocycles. The van der Waals surface area contributed by atoms with Gasteiger partial charge in [-0.05, 0) is 19.3 Å². The van der Waals surface area contributed by atoms with Crippen molar-refractivity contribution < 1.29 is 4.74 Å². The smallest absolute Gasteiger partial charge is 0.0621 e. The Balaban J connectivity index is 1.75. The summed E-state index contributed by atoms with van der Waals surface area (Å²) in [5.74, 6) is 0. The first kappa shape index (κ1) is 10.4. The fourth-order valence-corrected chi connectivity index (χ4v) is 2.69. The highest BCUT2D eigenvalue weighted by Crippen LogP contribution is 2.27. The summed E-state index contributed by atoms with van der Waals surface area (Å²) >= 11 is 0. The standard InChI is InChI=1S/C11H22N2O/c1-2-5-11(12)8-13(9-11)10-4-3-6-14-7-10/h10H,2-9,12H2,1H3. The van der Waals surface area contributed by atoms with Crippen molar-refractivity contribution in [2.45, 2.75) is 44.2 Å². The summed E-state index contributed by atoms with van der Waals surface area (Å²) in [6.45, 7) is 6.24. The molecule has 3 nitrogen and oxygen atoms in total. The minimum absolute atomic E-state index is 0.117. The highest BCUT2D eigenvalue weighted by molar-refractivity contribution is 5.01. The van der Waals surface area contributed by atoms with Gasteiger partial charge < -0.3 is 10.5 Å². The molecule has 1 unspecified atom stereocenters. The molecular formula is C11H22N2O. The molecule has 0 amide bonds. The molecule has 0 saturated carbocycles. The second kappa shape index (κ2) is 4.17. The van der Waals surface area contributed by atoms with Gasteiger partial charge in [-0.15, -0.1) is 0 Å². The summed E-state index contributed by atoms with van der Waals surface area (Å²) in [6, 6.07) is 0.650. The number of likely N-dealkylation sites (tertiary alicyclic amines) is 1. The first-order valence-electron chi connectivity index (χ1n) is 5.84. The van der Waals surface area contributed by atoms with Gasteiger partial charge in [-0.2, -0.15) is 0 Å². The Morgan fingerprint density at radius 2 is 2.29 bits per heavy atom. The summed E-state index contributed by atoms with van der Waals surface area (Å²) in [5.41, 5.74) is 6.35. The average Bonchev–Trinajstić information content (AvgIpc) is 2.16. The number of nitrogens with two attached hydrogens (primary N) is 1. The second-order valence-electron chi connectivity index (χ2n) is 4.89. The lowest BCUT2D eigenvalue weighted by Gasteiger charge is -2.52. The van der Waals surface area contributed by atoms with Crippen molar-refractivity contribution in [3.05, 3.63) is 0 Å². The predicted molar refractivity (Wildman–Crippen MR) is 57.2 cm³/mol. The number of hydrogen-bond donors (Lipinski definition) is 1. The zero-order valence-electron chi connectivity index (χ0n) is 9.17. The summed E-state index contributed by atoms with van der Waals surface area (Å²) in [4.78, 5) is 2.49. The van der Waals surface area contributed by atoms with Gasteiger partial charge in [0.2, 0.25) is 0 Å². The van der Waals surface area contributed by atoms with Gasteiger partial charge in [-0.1, -0.05) is 13.3 Å². The van der Waals surface area contributed by atoms with Crippen molar-refractivity contribution in [3.63, 3.8) is 0 Å². The SMILES string of the molecule is CCCC1(N)CN(C2CCCOC2)C1. The first-order valence-corrected chi connectivity index (χ1v) is 5.84. The van der Waals surface area contributed by atoms with Crippen molar-refractivity contribution in [1.82, 2.24) is 4.90 Å². The number of ether oxygens (including phenoxy) is 1. The molecule has 0 radical (unpaired) electrons. The third-order valence-corrected chi connectivity index (χ3v) is 3.44. The van der Waals surface area contributed by atoms with Gasteiger partial charge >= 0.3 is 0 Å². The third kappa shape index (κ3) is 2.10. The van der Waals surface area contributed by atoms with E-state index < -0.39 is 0 Å². The van der Waals surface area contributed by atoms with Crippen LogP contribution in [0.4, 0.5) is 0 Å². The third-order valence-electron chi connectivity index (χ3n) is 3.44. The lowest BCUT2D eigenvalue weighted by molar-refractivity contribution is -0.0427. The van der Waals surface area contributed by atoms with Crippen LogP contribution in [0, 0.1) is 0 Å². The number of hydrogen-bond acceptors (Lipinski definition) is 3. The van der Waals surface area contributed by atoms with Crippen LogP contribution in [0.25, 0.3) is 0 Å². The van der Waals surface area contributed by atoms with Crippen LogP contribution in [0.5, 0.6) is 0 Å². The van der Waals surface area contributed by atoms with E-state index in [0.29, 0.717) is 6.04 Å². The quantitative estimate of drug-likeness (QED) is 0.734. The second-order valence-corrected chi connectivity index (χ2v) is 4.89. The monoisotopic (exact) mass is 198 g/mol. The first-order chi connectivity index (χ1) is 6.73. The molecule has 0 aliphatic carbocycles. The molecule has 0 aromatic heterocycles. The highest BCUT2D eigenvalue weighted by atomic mass is 16.5. The molecule has 2 saturated heterocycles. The van der Waals surface area contributed by atoms with Crippen LogP contribution in [0.3, 0.4) is 0 Å². The Hall–Kier alpha value is -0.120. The fraction of sp³-hybridized carbons (Fsp3) is 1.00. The van der Waals surface area contributed by atoms with Crippen molar-refractivity contribution in [2.75, 3.05) is 26.3 Å². The number of nitrogens with zero attached hydrogens (tertiary/aromatic N) is 1. The summed E-state index contributed by atoms with van der Waals surface area (Å²) < 4.78 is 5.48. The van der Waals surface area contributed by atoms with Crippen LogP contribution in [-0.2, 0) is 4.74 Å². The Kier molecular flexibility index (Phi) is 3.10. The normalized spacial score (nSPS) is 32.6. The van der Waals surface area contributed by atoms with E-state index in [0.717, 1.165) is 32.7 Å². The maximum Gasteiger partial charge on any atom is 0.0621 e. The molecule has 2 aliphatic rings. The average molecular weight is 198 g/mol. The molecule has 14 heavy (non-hydrogen) atoms. The zero-order valence-corrected chi connectivity index (χ0v) is 9.17. The minimum Gasteiger partial charge on any atom is -0.380 e. The van der Waals surface area contributed by atoms with E-state index in [4.69, 9.17) is 10.5 Å². The van der Waals surface area contributed by atoms with E-state index >= 15 is 0 Å². The Bertz CT molecular complexity index is 184. The van der Waals surface area contributed by atoms with E-state index in [-0.39, 0.29) is 5.54 Å². The highest BCUT2D eigenvalue weighted by Gasteiger charge is 2.41. The van der Waals surface area contributed by atoms with Gasteiger partial charge in [0.05, 0.1) is 6.61 Å². The lowest BCUT2D eigenvalue weighted by Crippen LogP contribution is -2.70. The Morgan fingerprint density at radius 1 is 1.50 bits per heavy atom. The van der Waals surface area contributed by atoms with Crippen molar-refractivity contribution in [2.24, 2.45) is 5.73 Å². The molecule has 0 spiro atoms. The van der Waals surface area contributed by atoms with Crippen LogP contribution < -0.4 is 5.73 Å². The molecule has 2 N–H and O–H groups in total. The van der Waals surface area contributed by atoms with Crippen molar-refractivity contribution >= 4 is 0 Å². The zero-order chi connectivity index (χ0) is 10.0. The van der Waals surface area contributed by atoms with Gasteiger partial charge in [-0.3, -0.25) is 4.90 Å². The minimum atomic E-state index is 0.117. The lowest BCUT2D eigenvalue weighted by atomic mass is 9.84. The van der Waals surface area contributed by atoms with Gasteiger partial charge in [0.1, 0.15) is 0 Å². The van der Waals surface area contributed by atoms with E-state index in [2.05, 4.69) is 11.8 Å². The topological polar surface area (TPSA) is 38.5 Å². The Labute approximate surface area is 86.6 Å². The van der Waals surface area contributed by atoms with Crippen molar-refractivity contribution in [3.8, 4) is 0 Å². The largest absolute Gasteiger partial charge is 0.380 e. The summed E-state index contributed by atoms with van der Waals surface area (Å²) in [5, 5.41) is 0. The van der Waals surface area contributed by atoms with Gasteiger partial charge in [0, 0.05) is 31.3 Å². The Morgan fingerprint density at radius 3 is 2.86 bits per heavy atom. The van der Waals surface area contributed by atoms with E-state index in [1.165, 1.54) is 19.3 Å². The van der Waals surface area contributed by atoms with E-state index in [1.807, 2.05) is 0 Å². The van der Waals surface area contributed by atoms with Crippen LogP contribution in [-0.4, -0.2) is 42.8 Å². The van der Waals surface area contributed by atoms with E-state index in [1.54, 1.807) is 0 Å². The predicted octanol–water partition coefficient (Wildman–Crippen LogP) is 0.979. The fourth-order valence-electron chi connectivity index (χ4n) is 2.69. The van der Waals surface area contributed by atoms with Gasteiger partial charge in [0.15, 0.2) is 0 Å². The summed E-state index contributed by atoms with van der Waals surface area (Å²) in [7, 11) is 0. The number of rotatable bonds is 3.